The smallest absolute Gasteiger partial charge is 0.240 e. The van der Waals surface area contributed by atoms with Crippen LogP contribution in [0.15, 0.2) is 59.5 Å². The SMILES string of the molecule is CNCC1CCN(C(=O)C(Sc2ccc(F)cc2)c2ccccc2)C1. The van der Waals surface area contributed by atoms with Crippen molar-refractivity contribution in [2.45, 2.75) is 16.6 Å². The molecule has 3 nitrogen and oxygen atoms in total. The summed E-state index contributed by atoms with van der Waals surface area (Å²) in [5.74, 6) is 0.390. The Balaban J connectivity index is 1.79. The molecule has 0 aromatic heterocycles. The van der Waals surface area contributed by atoms with Crippen LogP contribution in [0.4, 0.5) is 4.39 Å². The first kappa shape index (κ1) is 18.0. The van der Waals surface area contributed by atoms with Gasteiger partial charge in [-0.25, -0.2) is 4.39 Å². The molecule has 0 saturated carbocycles. The molecule has 1 saturated heterocycles. The molecule has 2 atom stereocenters. The third-order valence-electron chi connectivity index (χ3n) is 4.48. The third-order valence-corrected chi connectivity index (χ3v) is 5.74. The minimum atomic E-state index is -0.306. The summed E-state index contributed by atoms with van der Waals surface area (Å²) in [7, 11) is 1.95. The largest absolute Gasteiger partial charge is 0.341 e. The first-order valence-corrected chi connectivity index (χ1v) is 9.46. The molecule has 2 unspecified atom stereocenters. The van der Waals surface area contributed by atoms with Gasteiger partial charge in [-0.15, -0.1) is 11.8 Å². The number of thioether (sulfide) groups is 1. The fourth-order valence-corrected chi connectivity index (χ4v) is 4.30. The Bertz CT molecular complexity index is 693. The maximum atomic E-state index is 13.2. The van der Waals surface area contributed by atoms with E-state index in [2.05, 4.69) is 5.32 Å². The number of nitrogens with zero attached hydrogens (tertiary/aromatic N) is 1. The average molecular weight is 358 g/mol. The van der Waals surface area contributed by atoms with Gasteiger partial charge in [-0.1, -0.05) is 30.3 Å². The maximum absolute atomic E-state index is 13.2. The van der Waals surface area contributed by atoms with Crippen molar-refractivity contribution in [1.29, 1.82) is 0 Å². The molecular formula is C20H23FN2OS. The van der Waals surface area contributed by atoms with E-state index in [9.17, 15) is 9.18 Å². The van der Waals surface area contributed by atoms with Gasteiger partial charge in [0.05, 0.1) is 0 Å². The predicted molar refractivity (Wildman–Crippen MR) is 100 cm³/mol. The number of carbonyl (C=O) groups excluding carboxylic acids is 1. The van der Waals surface area contributed by atoms with Crippen LogP contribution in [0.1, 0.15) is 17.2 Å². The molecule has 2 aromatic carbocycles. The number of likely N-dealkylation sites (tertiary alicyclic amines) is 1. The summed E-state index contributed by atoms with van der Waals surface area (Å²) in [6.07, 6.45) is 1.04. The van der Waals surface area contributed by atoms with Gasteiger partial charge < -0.3 is 10.2 Å². The lowest BCUT2D eigenvalue weighted by Gasteiger charge is -2.24. The minimum absolute atomic E-state index is 0.138. The number of hydrogen-bond donors (Lipinski definition) is 1. The maximum Gasteiger partial charge on any atom is 0.240 e. The van der Waals surface area contributed by atoms with Crippen molar-refractivity contribution in [2.24, 2.45) is 5.92 Å². The molecule has 0 bridgehead atoms. The van der Waals surface area contributed by atoms with Gasteiger partial charge in [0.25, 0.3) is 0 Å². The Hall–Kier alpha value is -1.85. The molecule has 5 heteroatoms. The molecule has 25 heavy (non-hydrogen) atoms. The number of hydrogen-bond acceptors (Lipinski definition) is 3. The van der Waals surface area contributed by atoms with Crippen LogP contribution in [0.5, 0.6) is 0 Å². The standard InChI is InChI=1S/C20H23FN2OS/c1-22-13-15-11-12-23(14-15)20(24)19(16-5-3-2-4-6-16)25-18-9-7-17(21)8-10-18/h2-10,15,19,22H,11-14H2,1H3. The van der Waals surface area contributed by atoms with E-state index in [1.807, 2.05) is 42.3 Å². The Morgan fingerprint density at radius 2 is 1.96 bits per heavy atom. The summed E-state index contributed by atoms with van der Waals surface area (Å²) in [5, 5.41) is 2.89. The quantitative estimate of drug-likeness (QED) is 0.799. The van der Waals surface area contributed by atoms with Crippen LogP contribution in [-0.2, 0) is 4.79 Å². The Morgan fingerprint density at radius 1 is 1.24 bits per heavy atom. The van der Waals surface area contributed by atoms with E-state index in [4.69, 9.17) is 0 Å². The number of carbonyl (C=O) groups is 1. The van der Waals surface area contributed by atoms with Crippen molar-refractivity contribution in [3.63, 3.8) is 0 Å². The van der Waals surface area contributed by atoms with Crippen LogP contribution >= 0.6 is 11.8 Å². The summed E-state index contributed by atoms with van der Waals surface area (Å²) in [6, 6.07) is 16.2. The zero-order valence-corrected chi connectivity index (χ0v) is 15.1. The normalized spacial score (nSPS) is 18.3. The van der Waals surface area contributed by atoms with Gasteiger partial charge in [-0.05, 0) is 55.8 Å². The van der Waals surface area contributed by atoms with Crippen molar-refractivity contribution in [2.75, 3.05) is 26.7 Å². The molecule has 1 aliphatic rings. The van der Waals surface area contributed by atoms with E-state index >= 15 is 0 Å². The molecule has 1 fully saturated rings. The highest BCUT2D eigenvalue weighted by Gasteiger charge is 2.32. The van der Waals surface area contributed by atoms with E-state index in [1.54, 1.807) is 12.1 Å². The van der Waals surface area contributed by atoms with Crippen LogP contribution < -0.4 is 5.32 Å². The van der Waals surface area contributed by atoms with Crippen LogP contribution in [0, 0.1) is 11.7 Å². The molecule has 3 rings (SSSR count). The first-order valence-electron chi connectivity index (χ1n) is 8.58. The fraction of sp³-hybridized carbons (Fsp3) is 0.350. The summed E-state index contributed by atoms with van der Waals surface area (Å²) < 4.78 is 13.2. The van der Waals surface area contributed by atoms with Crippen LogP contribution in [0.25, 0.3) is 0 Å². The molecule has 1 aliphatic heterocycles. The van der Waals surface area contributed by atoms with E-state index < -0.39 is 0 Å². The van der Waals surface area contributed by atoms with Crippen LogP contribution in [-0.4, -0.2) is 37.5 Å². The molecular weight excluding hydrogens is 335 g/mol. The minimum Gasteiger partial charge on any atom is -0.341 e. The lowest BCUT2D eigenvalue weighted by Crippen LogP contribution is -2.33. The summed E-state index contributed by atoms with van der Waals surface area (Å²) in [4.78, 5) is 16.0. The molecule has 0 aliphatic carbocycles. The van der Waals surface area contributed by atoms with Gasteiger partial charge >= 0.3 is 0 Å². The summed E-state index contributed by atoms with van der Waals surface area (Å²) in [6.45, 7) is 2.54. The van der Waals surface area contributed by atoms with E-state index in [0.29, 0.717) is 5.92 Å². The molecule has 1 heterocycles. The molecule has 2 aromatic rings. The molecule has 1 amide bonds. The van der Waals surface area contributed by atoms with Gasteiger partial charge in [-0.3, -0.25) is 4.79 Å². The molecule has 0 radical (unpaired) electrons. The second-order valence-corrected chi connectivity index (χ2v) is 7.54. The van der Waals surface area contributed by atoms with Gasteiger partial charge in [0.15, 0.2) is 0 Å². The zero-order valence-electron chi connectivity index (χ0n) is 14.3. The zero-order chi connectivity index (χ0) is 17.6. The number of amides is 1. The fourth-order valence-electron chi connectivity index (χ4n) is 3.19. The lowest BCUT2D eigenvalue weighted by atomic mass is 10.1. The summed E-state index contributed by atoms with van der Waals surface area (Å²) >= 11 is 1.49. The number of halogens is 1. The van der Waals surface area contributed by atoms with Crippen molar-refractivity contribution in [1.82, 2.24) is 10.2 Å². The number of rotatable bonds is 6. The molecule has 1 N–H and O–H groups in total. The van der Waals surface area contributed by atoms with Crippen molar-refractivity contribution in [3.05, 3.63) is 66.0 Å². The highest BCUT2D eigenvalue weighted by Crippen LogP contribution is 2.37. The molecule has 132 valence electrons. The topological polar surface area (TPSA) is 32.3 Å². The van der Waals surface area contributed by atoms with Gasteiger partial charge in [0.2, 0.25) is 5.91 Å². The third kappa shape index (κ3) is 4.61. The van der Waals surface area contributed by atoms with Crippen molar-refractivity contribution >= 4 is 17.7 Å². The highest BCUT2D eigenvalue weighted by molar-refractivity contribution is 8.00. The highest BCUT2D eigenvalue weighted by atomic mass is 32.2. The van der Waals surface area contributed by atoms with E-state index in [-0.39, 0.29) is 17.0 Å². The Labute approximate surface area is 152 Å². The number of nitrogens with one attached hydrogen (secondary N) is 1. The summed E-state index contributed by atoms with van der Waals surface area (Å²) in [5.41, 5.74) is 0.985. The van der Waals surface area contributed by atoms with Crippen LogP contribution in [0.3, 0.4) is 0 Å². The Morgan fingerprint density at radius 3 is 2.64 bits per heavy atom. The van der Waals surface area contributed by atoms with Gasteiger partial charge in [-0.2, -0.15) is 0 Å². The second kappa shape index (κ2) is 8.50. The lowest BCUT2D eigenvalue weighted by molar-refractivity contribution is -0.129. The average Bonchev–Trinajstić information content (AvgIpc) is 3.10. The molecule has 0 spiro atoms. The van der Waals surface area contributed by atoms with Gasteiger partial charge in [0.1, 0.15) is 11.1 Å². The van der Waals surface area contributed by atoms with Gasteiger partial charge in [0, 0.05) is 18.0 Å². The monoisotopic (exact) mass is 358 g/mol. The number of benzene rings is 2. The first-order chi connectivity index (χ1) is 12.2. The Kier molecular flexibility index (Phi) is 6.10. The van der Waals surface area contributed by atoms with E-state index in [1.165, 1.54) is 23.9 Å². The van der Waals surface area contributed by atoms with Crippen molar-refractivity contribution < 1.29 is 9.18 Å². The predicted octanol–water partition coefficient (Wildman–Crippen LogP) is 3.73. The van der Waals surface area contributed by atoms with Crippen molar-refractivity contribution in [3.8, 4) is 0 Å². The van der Waals surface area contributed by atoms with E-state index in [0.717, 1.165) is 36.5 Å². The second-order valence-electron chi connectivity index (χ2n) is 6.36. The van der Waals surface area contributed by atoms with Crippen LogP contribution in [0.2, 0.25) is 0 Å².